The van der Waals surface area contributed by atoms with Crippen LogP contribution in [0.2, 0.25) is 0 Å². The highest BCUT2D eigenvalue weighted by Gasteiger charge is 1.92. The van der Waals surface area contributed by atoms with Crippen LogP contribution < -0.4 is 15.5 Å². The molecule has 2 nitrogen and oxygen atoms in total. The number of hydrogen-bond acceptors (Lipinski definition) is 2. The summed E-state index contributed by atoms with van der Waals surface area (Å²) in [7, 11) is 3.73. The Kier molecular flexibility index (Phi) is 7.74. The summed E-state index contributed by atoms with van der Waals surface area (Å²) in [6.07, 6.45) is 0. The Morgan fingerprint density at radius 1 is 1.00 bits per heavy atom. The highest BCUT2D eigenvalue weighted by Crippen LogP contribution is 2.04. The van der Waals surface area contributed by atoms with E-state index >= 15 is 0 Å². The largest absolute Gasteiger partial charge is 0.497 e. The molecule has 0 fully saturated rings. The fourth-order valence-corrected chi connectivity index (χ4v) is 1.34. The van der Waals surface area contributed by atoms with E-state index in [9.17, 15) is 0 Å². The first-order chi connectivity index (χ1) is 7.45. The average Bonchev–Trinajstić information content (AvgIpc) is 2.17. The molecule has 1 rings (SSSR count). The zero-order chi connectivity index (χ0) is 12.6. The second-order valence-corrected chi connectivity index (χ2v) is 4.49. The van der Waals surface area contributed by atoms with Gasteiger partial charge in [0.1, 0.15) is 13.6 Å². The minimum absolute atomic E-state index is 0.625. The third kappa shape index (κ3) is 8.36. The number of methoxy groups -OCH3 is 1. The highest BCUT2D eigenvalue weighted by atomic mass is 16.5. The van der Waals surface area contributed by atoms with Gasteiger partial charge in [-0.2, -0.15) is 0 Å². The second-order valence-electron chi connectivity index (χ2n) is 4.49. The van der Waals surface area contributed by atoms with Gasteiger partial charge in [0, 0.05) is 12.1 Å². The molecule has 1 aromatic carbocycles. The molecule has 90 valence electrons. The van der Waals surface area contributed by atoms with Gasteiger partial charge in [-0.05, 0) is 12.1 Å². The van der Waals surface area contributed by atoms with Crippen LogP contribution in [0.5, 0.6) is 5.75 Å². The summed E-state index contributed by atoms with van der Waals surface area (Å²) in [6.45, 7) is 8.61. The van der Waals surface area contributed by atoms with E-state index in [1.807, 2.05) is 24.3 Å². The summed E-state index contributed by atoms with van der Waals surface area (Å²) >= 11 is 0. The van der Waals surface area contributed by atoms with Crippen molar-refractivity contribution in [1.29, 1.82) is 0 Å². The first-order valence-corrected chi connectivity index (χ1v) is 5.82. The lowest BCUT2D eigenvalue weighted by atomic mass is 9.97. The van der Waals surface area contributed by atoms with Crippen molar-refractivity contribution < 1.29 is 4.74 Å². The molecule has 0 aromatic heterocycles. The lowest BCUT2D eigenvalue weighted by Gasteiger charge is -2.10. The molecule has 0 aliphatic carbocycles. The second kappa shape index (κ2) is 8.23. The standard InChI is InChI=1S/C7H9BO.C6H15N/c1-9-7-4-2-6(8)3-5-7;1-5(2)7-6(3)4/h2-5H,8H2,1H3;5-7H,1-4H3. The van der Waals surface area contributed by atoms with Gasteiger partial charge < -0.3 is 10.1 Å². The van der Waals surface area contributed by atoms with Gasteiger partial charge in [0.25, 0.3) is 0 Å². The summed E-state index contributed by atoms with van der Waals surface area (Å²) in [6, 6.07) is 9.21. The van der Waals surface area contributed by atoms with Crippen molar-refractivity contribution in [3.8, 4) is 5.75 Å². The average molecular weight is 221 g/mol. The van der Waals surface area contributed by atoms with E-state index in [-0.39, 0.29) is 0 Å². The van der Waals surface area contributed by atoms with Crippen LogP contribution in [0.15, 0.2) is 24.3 Å². The molecule has 0 amide bonds. The number of nitrogens with one attached hydrogen (secondary N) is 1. The molecule has 16 heavy (non-hydrogen) atoms. The molecule has 0 aliphatic rings. The predicted molar refractivity (Wildman–Crippen MR) is 74.6 cm³/mol. The zero-order valence-corrected chi connectivity index (χ0v) is 11.4. The molecule has 0 saturated heterocycles. The highest BCUT2D eigenvalue weighted by molar-refractivity contribution is 6.32. The Labute approximate surface area is 101 Å². The van der Waals surface area contributed by atoms with Gasteiger partial charge in [0.2, 0.25) is 0 Å². The molecule has 0 spiro atoms. The molecule has 0 bridgehead atoms. The fourth-order valence-electron chi connectivity index (χ4n) is 1.34. The number of rotatable bonds is 3. The van der Waals surface area contributed by atoms with Crippen molar-refractivity contribution in [2.45, 2.75) is 39.8 Å². The molecular formula is C13H24BNO. The van der Waals surface area contributed by atoms with E-state index in [1.54, 1.807) is 7.11 Å². The Balaban J connectivity index is 0.000000293. The summed E-state index contributed by atoms with van der Waals surface area (Å²) in [5.41, 5.74) is 1.26. The minimum Gasteiger partial charge on any atom is -0.497 e. The van der Waals surface area contributed by atoms with Crippen LogP contribution in [-0.2, 0) is 0 Å². The van der Waals surface area contributed by atoms with E-state index in [0.29, 0.717) is 12.1 Å². The molecular weight excluding hydrogens is 197 g/mol. The molecule has 1 aromatic rings. The van der Waals surface area contributed by atoms with Crippen LogP contribution in [-0.4, -0.2) is 27.0 Å². The smallest absolute Gasteiger partial charge is 0.139 e. The van der Waals surface area contributed by atoms with Crippen molar-refractivity contribution in [1.82, 2.24) is 5.32 Å². The molecule has 3 heteroatoms. The SMILES string of the molecule is Bc1ccc(OC)cc1.CC(C)NC(C)C. The van der Waals surface area contributed by atoms with Crippen LogP contribution in [0, 0.1) is 0 Å². The van der Waals surface area contributed by atoms with Crippen molar-refractivity contribution in [2.24, 2.45) is 0 Å². The molecule has 0 unspecified atom stereocenters. The quantitative estimate of drug-likeness (QED) is 0.778. The van der Waals surface area contributed by atoms with Crippen LogP contribution >= 0.6 is 0 Å². The van der Waals surface area contributed by atoms with Crippen molar-refractivity contribution >= 4 is 13.3 Å². The van der Waals surface area contributed by atoms with E-state index in [2.05, 4.69) is 40.9 Å². The summed E-state index contributed by atoms with van der Waals surface area (Å²) in [4.78, 5) is 0. The molecule has 0 aliphatic heterocycles. The topological polar surface area (TPSA) is 21.3 Å². The number of benzene rings is 1. The summed E-state index contributed by atoms with van der Waals surface area (Å²) < 4.78 is 4.97. The van der Waals surface area contributed by atoms with Crippen LogP contribution in [0.1, 0.15) is 27.7 Å². The Bertz CT molecular complexity index is 264. The van der Waals surface area contributed by atoms with Crippen LogP contribution in [0.3, 0.4) is 0 Å². The Hall–Kier alpha value is -0.955. The normalized spacial score (nSPS) is 9.94. The fraction of sp³-hybridized carbons (Fsp3) is 0.538. The maximum absolute atomic E-state index is 4.97. The van der Waals surface area contributed by atoms with E-state index in [0.717, 1.165) is 5.75 Å². The first kappa shape index (κ1) is 15.0. The van der Waals surface area contributed by atoms with Gasteiger partial charge in [0.05, 0.1) is 7.11 Å². The molecule has 0 atom stereocenters. The monoisotopic (exact) mass is 221 g/mol. The summed E-state index contributed by atoms with van der Waals surface area (Å²) in [5.74, 6) is 0.917. The Morgan fingerprint density at radius 3 is 1.69 bits per heavy atom. The van der Waals surface area contributed by atoms with Gasteiger partial charge in [-0.25, -0.2) is 0 Å². The van der Waals surface area contributed by atoms with Gasteiger partial charge in [-0.1, -0.05) is 45.3 Å². The third-order valence-electron chi connectivity index (χ3n) is 1.92. The van der Waals surface area contributed by atoms with Gasteiger partial charge in [-0.3, -0.25) is 0 Å². The Morgan fingerprint density at radius 2 is 1.44 bits per heavy atom. The zero-order valence-electron chi connectivity index (χ0n) is 11.4. The maximum atomic E-state index is 4.97. The van der Waals surface area contributed by atoms with Crippen molar-refractivity contribution in [3.05, 3.63) is 24.3 Å². The molecule has 0 radical (unpaired) electrons. The number of ether oxygens (including phenoxy) is 1. The van der Waals surface area contributed by atoms with Crippen LogP contribution in [0.4, 0.5) is 0 Å². The first-order valence-electron chi connectivity index (χ1n) is 5.82. The molecule has 0 saturated carbocycles. The maximum Gasteiger partial charge on any atom is 0.139 e. The minimum atomic E-state index is 0.625. The number of hydrogen-bond donors (Lipinski definition) is 1. The van der Waals surface area contributed by atoms with Gasteiger partial charge in [-0.15, -0.1) is 0 Å². The predicted octanol–water partition coefficient (Wildman–Crippen LogP) is 1.35. The lowest BCUT2D eigenvalue weighted by Crippen LogP contribution is -2.29. The van der Waals surface area contributed by atoms with Gasteiger partial charge in [0.15, 0.2) is 0 Å². The van der Waals surface area contributed by atoms with Crippen molar-refractivity contribution in [2.75, 3.05) is 7.11 Å². The third-order valence-corrected chi connectivity index (χ3v) is 1.92. The lowest BCUT2D eigenvalue weighted by molar-refractivity contribution is 0.415. The van der Waals surface area contributed by atoms with E-state index < -0.39 is 0 Å². The summed E-state index contributed by atoms with van der Waals surface area (Å²) in [5, 5.41) is 3.31. The van der Waals surface area contributed by atoms with Gasteiger partial charge >= 0.3 is 0 Å². The van der Waals surface area contributed by atoms with Crippen LogP contribution in [0.25, 0.3) is 0 Å². The molecule has 1 N–H and O–H groups in total. The van der Waals surface area contributed by atoms with Crippen molar-refractivity contribution in [3.63, 3.8) is 0 Å². The molecule has 0 heterocycles. The van der Waals surface area contributed by atoms with E-state index in [4.69, 9.17) is 4.74 Å². The van der Waals surface area contributed by atoms with E-state index in [1.165, 1.54) is 5.46 Å².